The van der Waals surface area contributed by atoms with Gasteiger partial charge in [-0.05, 0) is 12.5 Å². The van der Waals surface area contributed by atoms with E-state index in [1.807, 2.05) is 6.92 Å². The van der Waals surface area contributed by atoms with Gasteiger partial charge in [0.15, 0.2) is 0 Å². The van der Waals surface area contributed by atoms with E-state index in [0.717, 1.165) is 5.57 Å². The van der Waals surface area contributed by atoms with E-state index in [1.54, 1.807) is 0 Å². The Balaban J connectivity index is 2.30. The van der Waals surface area contributed by atoms with Crippen molar-refractivity contribution in [3.05, 3.63) is 12.2 Å². The van der Waals surface area contributed by atoms with Crippen molar-refractivity contribution < 1.29 is 14.6 Å². The standard InChI is InChI=1S/C9H16O3/c1-3-11-4-7(2)8-5-12-6-9(8)10/h8-10H,2-6H2,1H3. The highest BCUT2D eigenvalue weighted by Gasteiger charge is 2.28. The normalized spacial score (nSPS) is 29.2. The van der Waals surface area contributed by atoms with Crippen LogP contribution in [0, 0.1) is 5.92 Å². The fourth-order valence-corrected chi connectivity index (χ4v) is 1.27. The molecule has 0 aromatic heterocycles. The summed E-state index contributed by atoms with van der Waals surface area (Å²) in [6.45, 7) is 8.01. The van der Waals surface area contributed by atoms with Crippen LogP contribution in [0.3, 0.4) is 0 Å². The SMILES string of the molecule is C=C(COCC)C1COCC1O. The zero-order valence-electron chi connectivity index (χ0n) is 7.45. The molecule has 70 valence electrons. The summed E-state index contributed by atoms with van der Waals surface area (Å²) in [4.78, 5) is 0. The molecule has 1 saturated heterocycles. The van der Waals surface area contributed by atoms with Crippen molar-refractivity contribution in [1.29, 1.82) is 0 Å². The van der Waals surface area contributed by atoms with Gasteiger partial charge in [0, 0.05) is 12.5 Å². The summed E-state index contributed by atoms with van der Waals surface area (Å²) in [5.74, 6) is 0.0662. The Morgan fingerprint density at radius 2 is 2.42 bits per heavy atom. The molecule has 1 rings (SSSR count). The number of aliphatic hydroxyl groups is 1. The summed E-state index contributed by atoms with van der Waals surface area (Å²) in [5.41, 5.74) is 0.932. The maximum absolute atomic E-state index is 9.42. The van der Waals surface area contributed by atoms with Gasteiger partial charge in [0.1, 0.15) is 0 Å². The Labute approximate surface area is 73.0 Å². The molecule has 1 fully saturated rings. The largest absolute Gasteiger partial charge is 0.390 e. The third-order valence-electron chi connectivity index (χ3n) is 2.07. The van der Waals surface area contributed by atoms with Crippen LogP contribution < -0.4 is 0 Å². The Kier molecular flexibility index (Phi) is 3.72. The first-order valence-electron chi connectivity index (χ1n) is 4.27. The summed E-state index contributed by atoms with van der Waals surface area (Å²) < 4.78 is 10.3. The fourth-order valence-electron chi connectivity index (χ4n) is 1.27. The van der Waals surface area contributed by atoms with E-state index in [1.165, 1.54) is 0 Å². The van der Waals surface area contributed by atoms with Gasteiger partial charge < -0.3 is 14.6 Å². The summed E-state index contributed by atoms with van der Waals surface area (Å²) in [5, 5.41) is 9.42. The minimum Gasteiger partial charge on any atom is -0.390 e. The lowest BCUT2D eigenvalue weighted by molar-refractivity contribution is 0.116. The highest BCUT2D eigenvalue weighted by atomic mass is 16.5. The number of aliphatic hydroxyl groups excluding tert-OH is 1. The van der Waals surface area contributed by atoms with Gasteiger partial charge in [0.05, 0.1) is 25.9 Å². The molecule has 0 aliphatic carbocycles. The topological polar surface area (TPSA) is 38.7 Å². The second kappa shape index (κ2) is 4.60. The first kappa shape index (κ1) is 9.71. The minimum atomic E-state index is -0.391. The van der Waals surface area contributed by atoms with Crippen molar-refractivity contribution >= 4 is 0 Å². The number of rotatable bonds is 4. The van der Waals surface area contributed by atoms with Gasteiger partial charge in [-0.15, -0.1) is 0 Å². The van der Waals surface area contributed by atoms with Crippen LogP contribution in [0.2, 0.25) is 0 Å². The molecule has 3 nitrogen and oxygen atoms in total. The first-order chi connectivity index (χ1) is 5.75. The highest BCUT2D eigenvalue weighted by Crippen LogP contribution is 2.20. The lowest BCUT2D eigenvalue weighted by Crippen LogP contribution is -2.21. The predicted octanol–water partition coefficient (Wildman–Crippen LogP) is 0.586. The van der Waals surface area contributed by atoms with Gasteiger partial charge in [-0.2, -0.15) is 0 Å². The van der Waals surface area contributed by atoms with Crippen LogP contribution in [0.4, 0.5) is 0 Å². The maximum atomic E-state index is 9.42. The smallest absolute Gasteiger partial charge is 0.0861 e. The van der Waals surface area contributed by atoms with Crippen LogP contribution in [0.5, 0.6) is 0 Å². The minimum absolute atomic E-state index is 0.0662. The van der Waals surface area contributed by atoms with E-state index in [2.05, 4.69) is 6.58 Å². The van der Waals surface area contributed by atoms with E-state index < -0.39 is 6.10 Å². The van der Waals surface area contributed by atoms with Crippen molar-refractivity contribution in [2.45, 2.75) is 13.0 Å². The average Bonchev–Trinajstić information content (AvgIpc) is 2.47. The van der Waals surface area contributed by atoms with Crippen molar-refractivity contribution in [3.8, 4) is 0 Å². The maximum Gasteiger partial charge on any atom is 0.0861 e. The Morgan fingerprint density at radius 1 is 1.67 bits per heavy atom. The molecular weight excluding hydrogens is 156 g/mol. The molecule has 2 atom stereocenters. The first-order valence-corrected chi connectivity index (χ1v) is 4.27. The van der Waals surface area contributed by atoms with E-state index >= 15 is 0 Å². The molecule has 1 heterocycles. The molecule has 0 aromatic rings. The van der Waals surface area contributed by atoms with Gasteiger partial charge in [0.25, 0.3) is 0 Å². The van der Waals surface area contributed by atoms with E-state index in [-0.39, 0.29) is 5.92 Å². The molecule has 1 aliphatic heterocycles. The predicted molar refractivity (Wildman–Crippen MR) is 45.9 cm³/mol. The van der Waals surface area contributed by atoms with Crippen LogP contribution in [0.25, 0.3) is 0 Å². The Hall–Kier alpha value is -0.380. The van der Waals surface area contributed by atoms with Crippen LogP contribution in [-0.2, 0) is 9.47 Å². The number of hydrogen-bond acceptors (Lipinski definition) is 3. The summed E-state index contributed by atoms with van der Waals surface area (Å²) in [7, 11) is 0. The molecule has 12 heavy (non-hydrogen) atoms. The van der Waals surface area contributed by atoms with Gasteiger partial charge in [0.2, 0.25) is 0 Å². The van der Waals surface area contributed by atoms with Gasteiger partial charge in [-0.1, -0.05) is 6.58 Å². The van der Waals surface area contributed by atoms with Crippen molar-refractivity contribution in [1.82, 2.24) is 0 Å². The van der Waals surface area contributed by atoms with Gasteiger partial charge in [-0.3, -0.25) is 0 Å². The lowest BCUT2D eigenvalue weighted by Gasteiger charge is -2.14. The van der Waals surface area contributed by atoms with Crippen LogP contribution in [0.15, 0.2) is 12.2 Å². The molecule has 0 amide bonds. The molecule has 0 aromatic carbocycles. The highest BCUT2D eigenvalue weighted by molar-refractivity contribution is 5.05. The van der Waals surface area contributed by atoms with Gasteiger partial charge >= 0.3 is 0 Å². The van der Waals surface area contributed by atoms with E-state index in [4.69, 9.17) is 9.47 Å². The van der Waals surface area contributed by atoms with Gasteiger partial charge in [-0.25, -0.2) is 0 Å². The monoisotopic (exact) mass is 172 g/mol. The Bertz CT molecular complexity index is 156. The van der Waals surface area contributed by atoms with Crippen LogP contribution in [-0.4, -0.2) is 37.6 Å². The quantitative estimate of drug-likeness (QED) is 0.631. The molecule has 0 saturated carbocycles. The molecule has 1 N–H and O–H groups in total. The molecule has 1 aliphatic rings. The van der Waals surface area contributed by atoms with Crippen molar-refractivity contribution in [2.24, 2.45) is 5.92 Å². The molecule has 0 spiro atoms. The number of ether oxygens (including phenoxy) is 2. The van der Waals surface area contributed by atoms with Crippen molar-refractivity contribution in [3.63, 3.8) is 0 Å². The summed E-state index contributed by atoms with van der Waals surface area (Å²) >= 11 is 0. The molecule has 2 unspecified atom stereocenters. The zero-order chi connectivity index (χ0) is 8.97. The lowest BCUT2D eigenvalue weighted by atomic mass is 9.98. The molecular formula is C9H16O3. The second-order valence-corrected chi connectivity index (χ2v) is 3.01. The molecule has 0 bridgehead atoms. The summed E-state index contributed by atoms with van der Waals surface area (Å²) in [6, 6.07) is 0. The zero-order valence-corrected chi connectivity index (χ0v) is 7.45. The molecule has 0 radical (unpaired) electrons. The second-order valence-electron chi connectivity index (χ2n) is 3.01. The van der Waals surface area contributed by atoms with E-state index in [9.17, 15) is 5.11 Å². The average molecular weight is 172 g/mol. The Morgan fingerprint density at radius 3 is 2.92 bits per heavy atom. The third kappa shape index (κ3) is 2.30. The van der Waals surface area contributed by atoms with Crippen LogP contribution >= 0.6 is 0 Å². The summed E-state index contributed by atoms with van der Waals surface area (Å²) in [6.07, 6.45) is -0.391. The third-order valence-corrected chi connectivity index (χ3v) is 2.07. The molecule has 3 heteroatoms. The van der Waals surface area contributed by atoms with Crippen LogP contribution in [0.1, 0.15) is 6.92 Å². The van der Waals surface area contributed by atoms with Crippen molar-refractivity contribution in [2.75, 3.05) is 26.4 Å². The fraction of sp³-hybridized carbons (Fsp3) is 0.778. The van der Waals surface area contributed by atoms with E-state index in [0.29, 0.717) is 26.4 Å². The number of hydrogen-bond donors (Lipinski definition) is 1.